The van der Waals surface area contributed by atoms with Crippen molar-refractivity contribution < 1.29 is 9.60 Å². The Morgan fingerprint density at radius 3 is 2.80 bits per heavy atom. The average Bonchev–Trinajstić information content (AvgIpc) is 2.90. The van der Waals surface area contributed by atoms with Crippen LogP contribution in [0.3, 0.4) is 0 Å². The quantitative estimate of drug-likeness (QED) is 0.321. The number of fused-ring (bicyclic) bond motifs is 1. The molecule has 100 valence electrons. The molecule has 0 unspecified atom stereocenters. The van der Waals surface area contributed by atoms with Crippen LogP contribution in [-0.2, 0) is 0 Å². The summed E-state index contributed by atoms with van der Waals surface area (Å²) in [5.41, 5.74) is 7.25. The number of benzene rings is 2. The van der Waals surface area contributed by atoms with Crippen LogP contribution in [0, 0.1) is 5.82 Å². The van der Waals surface area contributed by atoms with Crippen LogP contribution in [0.4, 0.5) is 4.39 Å². The summed E-state index contributed by atoms with van der Waals surface area (Å²) in [5.74, 6) is -0.921. The SMILES string of the molecule is NC(=NO)c1c(F)cccc1-n1nnc2ccccc21. The van der Waals surface area contributed by atoms with Gasteiger partial charge >= 0.3 is 0 Å². The van der Waals surface area contributed by atoms with Crippen LogP contribution < -0.4 is 5.73 Å². The lowest BCUT2D eigenvalue weighted by Crippen LogP contribution is -2.18. The molecule has 0 aliphatic heterocycles. The fourth-order valence-electron chi connectivity index (χ4n) is 2.04. The molecule has 2 aromatic carbocycles. The van der Waals surface area contributed by atoms with Gasteiger partial charge in [0.2, 0.25) is 0 Å². The van der Waals surface area contributed by atoms with Gasteiger partial charge in [0.25, 0.3) is 0 Å². The Morgan fingerprint density at radius 1 is 1.20 bits per heavy atom. The van der Waals surface area contributed by atoms with E-state index in [1.54, 1.807) is 18.2 Å². The van der Waals surface area contributed by atoms with Gasteiger partial charge in [0, 0.05) is 0 Å². The molecule has 0 radical (unpaired) electrons. The second-order valence-electron chi connectivity index (χ2n) is 4.11. The van der Waals surface area contributed by atoms with Crippen LogP contribution in [-0.4, -0.2) is 26.0 Å². The summed E-state index contributed by atoms with van der Waals surface area (Å²) in [6, 6.07) is 11.6. The zero-order valence-electron chi connectivity index (χ0n) is 10.2. The van der Waals surface area contributed by atoms with Gasteiger partial charge in [-0.15, -0.1) is 5.10 Å². The van der Waals surface area contributed by atoms with Crippen LogP contribution in [0.25, 0.3) is 16.7 Å². The lowest BCUT2D eigenvalue weighted by atomic mass is 10.1. The highest BCUT2D eigenvalue weighted by Crippen LogP contribution is 2.21. The highest BCUT2D eigenvalue weighted by Gasteiger charge is 2.17. The number of aromatic nitrogens is 3. The number of nitrogens with zero attached hydrogens (tertiary/aromatic N) is 4. The maximum atomic E-state index is 13.9. The van der Waals surface area contributed by atoms with Crippen molar-refractivity contribution in [3.63, 3.8) is 0 Å². The summed E-state index contributed by atoms with van der Waals surface area (Å²) in [7, 11) is 0. The van der Waals surface area contributed by atoms with Crippen LogP contribution in [0.2, 0.25) is 0 Å². The smallest absolute Gasteiger partial charge is 0.175 e. The van der Waals surface area contributed by atoms with Crippen molar-refractivity contribution in [2.45, 2.75) is 0 Å². The van der Waals surface area contributed by atoms with E-state index < -0.39 is 5.82 Å². The molecule has 0 amide bonds. The zero-order chi connectivity index (χ0) is 14.1. The molecule has 0 bridgehead atoms. The molecule has 20 heavy (non-hydrogen) atoms. The minimum Gasteiger partial charge on any atom is -0.409 e. The number of hydrogen-bond acceptors (Lipinski definition) is 4. The monoisotopic (exact) mass is 271 g/mol. The molecule has 6 nitrogen and oxygen atoms in total. The van der Waals surface area contributed by atoms with Crippen molar-refractivity contribution in [1.29, 1.82) is 0 Å². The molecule has 0 fully saturated rings. The number of oxime groups is 1. The average molecular weight is 271 g/mol. The first kappa shape index (κ1) is 12.1. The van der Waals surface area contributed by atoms with Crippen molar-refractivity contribution >= 4 is 16.9 Å². The Bertz CT molecular complexity index is 811. The first-order valence-electron chi connectivity index (χ1n) is 5.79. The summed E-state index contributed by atoms with van der Waals surface area (Å²) in [6.45, 7) is 0. The molecule has 0 spiro atoms. The third kappa shape index (κ3) is 1.76. The summed E-state index contributed by atoms with van der Waals surface area (Å²) >= 11 is 0. The van der Waals surface area contributed by atoms with Gasteiger partial charge in [-0.3, -0.25) is 0 Å². The molecule has 0 saturated heterocycles. The minimum atomic E-state index is -0.600. The number of halogens is 1. The number of rotatable bonds is 2. The Kier molecular flexibility index (Phi) is 2.79. The number of para-hydroxylation sites is 1. The fourth-order valence-corrected chi connectivity index (χ4v) is 2.04. The number of amidine groups is 1. The Labute approximate surface area is 112 Å². The third-order valence-corrected chi connectivity index (χ3v) is 2.94. The predicted octanol–water partition coefficient (Wildman–Crippen LogP) is 1.65. The van der Waals surface area contributed by atoms with Crippen molar-refractivity contribution in [2.24, 2.45) is 10.9 Å². The van der Waals surface area contributed by atoms with Gasteiger partial charge in [-0.1, -0.05) is 28.6 Å². The standard InChI is InChI=1S/C13H10FN5O/c14-8-4-3-7-11(12(8)13(15)17-20)19-10-6-2-1-5-9(10)16-18-19/h1-7,20H,(H2,15,17). The van der Waals surface area contributed by atoms with Gasteiger partial charge in [0.15, 0.2) is 5.84 Å². The van der Waals surface area contributed by atoms with E-state index in [1.165, 1.54) is 16.8 Å². The molecule has 1 heterocycles. The Morgan fingerprint density at radius 2 is 2.00 bits per heavy atom. The molecule has 3 aromatic rings. The van der Waals surface area contributed by atoms with Crippen molar-refractivity contribution in [3.8, 4) is 5.69 Å². The number of nitrogens with two attached hydrogens (primary N) is 1. The Balaban J connectivity index is 2.33. The molecular formula is C13H10FN5O. The van der Waals surface area contributed by atoms with E-state index in [9.17, 15) is 4.39 Å². The van der Waals surface area contributed by atoms with Crippen molar-refractivity contribution in [2.75, 3.05) is 0 Å². The second-order valence-corrected chi connectivity index (χ2v) is 4.11. The van der Waals surface area contributed by atoms with Crippen LogP contribution in [0.5, 0.6) is 0 Å². The minimum absolute atomic E-state index is 0.0225. The summed E-state index contributed by atoms with van der Waals surface area (Å²) in [4.78, 5) is 0. The van der Waals surface area contributed by atoms with E-state index >= 15 is 0 Å². The van der Waals surface area contributed by atoms with E-state index in [4.69, 9.17) is 10.9 Å². The van der Waals surface area contributed by atoms with Gasteiger partial charge in [0.1, 0.15) is 11.3 Å². The Hall–Kier alpha value is -2.96. The molecule has 0 aliphatic carbocycles. The first-order valence-corrected chi connectivity index (χ1v) is 5.79. The third-order valence-electron chi connectivity index (χ3n) is 2.94. The largest absolute Gasteiger partial charge is 0.409 e. The van der Waals surface area contributed by atoms with E-state index in [0.717, 1.165) is 0 Å². The maximum Gasteiger partial charge on any atom is 0.175 e. The molecule has 3 rings (SSSR count). The van der Waals surface area contributed by atoms with Crippen molar-refractivity contribution in [1.82, 2.24) is 15.0 Å². The lowest BCUT2D eigenvalue weighted by molar-refractivity contribution is 0.318. The molecular weight excluding hydrogens is 261 g/mol. The molecule has 0 saturated carbocycles. The first-order chi connectivity index (χ1) is 9.72. The van der Waals surface area contributed by atoms with Crippen LogP contribution >= 0.6 is 0 Å². The highest BCUT2D eigenvalue weighted by atomic mass is 19.1. The van der Waals surface area contributed by atoms with Gasteiger partial charge in [-0.2, -0.15) is 0 Å². The fraction of sp³-hybridized carbons (Fsp3) is 0. The molecule has 3 N–H and O–H groups in total. The van der Waals surface area contributed by atoms with E-state index in [2.05, 4.69) is 15.5 Å². The zero-order valence-corrected chi connectivity index (χ0v) is 10.2. The van der Waals surface area contributed by atoms with Gasteiger partial charge in [-0.05, 0) is 24.3 Å². The van der Waals surface area contributed by atoms with Crippen LogP contribution in [0.15, 0.2) is 47.6 Å². The summed E-state index contributed by atoms with van der Waals surface area (Å²) in [5, 5.41) is 19.7. The van der Waals surface area contributed by atoms with E-state index in [-0.39, 0.29) is 11.4 Å². The topological polar surface area (TPSA) is 89.3 Å². The molecule has 0 aliphatic rings. The van der Waals surface area contributed by atoms with Crippen LogP contribution in [0.1, 0.15) is 5.56 Å². The summed E-state index contributed by atoms with van der Waals surface area (Å²) in [6.07, 6.45) is 0. The molecule has 0 atom stereocenters. The van der Waals surface area contributed by atoms with Gasteiger partial charge in [0.05, 0.1) is 16.8 Å². The molecule has 7 heteroatoms. The normalized spacial score (nSPS) is 11.9. The maximum absolute atomic E-state index is 13.9. The summed E-state index contributed by atoms with van der Waals surface area (Å²) < 4.78 is 15.4. The van der Waals surface area contributed by atoms with Gasteiger partial charge < -0.3 is 10.9 Å². The number of hydrogen-bond donors (Lipinski definition) is 2. The second kappa shape index (κ2) is 4.61. The molecule has 1 aromatic heterocycles. The van der Waals surface area contributed by atoms with Gasteiger partial charge in [-0.25, -0.2) is 9.07 Å². The lowest BCUT2D eigenvalue weighted by Gasteiger charge is -2.09. The van der Waals surface area contributed by atoms with Crippen molar-refractivity contribution in [3.05, 3.63) is 53.8 Å². The predicted molar refractivity (Wildman–Crippen MR) is 71.3 cm³/mol. The van der Waals surface area contributed by atoms with E-state index in [1.807, 2.05) is 12.1 Å². The highest BCUT2D eigenvalue weighted by molar-refractivity contribution is 6.01. The van der Waals surface area contributed by atoms with E-state index in [0.29, 0.717) is 16.7 Å².